The molecule has 1 rings (SSSR count). The third-order valence-electron chi connectivity index (χ3n) is 2.66. The molecule has 0 aromatic heterocycles. The zero-order valence-corrected chi connectivity index (χ0v) is 12.2. The van der Waals surface area contributed by atoms with Gasteiger partial charge < -0.3 is 24.1 Å². The lowest BCUT2D eigenvalue weighted by Gasteiger charge is -2.09. The largest absolute Gasteiger partial charge is 0.491 e. The van der Waals surface area contributed by atoms with Gasteiger partial charge in [0.15, 0.2) is 0 Å². The maximum absolute atomic E-state index is 9.38. The van der Waals surface area contributed by atoms with Crippen molar-refractivity contribution >= 4 is 0 Å². The minimum Gasteiger partial charge on any atom is -0.491 e. The third-order valence-corrected chi connectivity index (χ3v) is 2.66. The normalized spacial score (nSPS) is 12.3. The molecule has 0 aliphatic carbocycles. The van der Waals surface area contributed by atoms with E-state index >= 15 is 0 Å². The van der Waals surface area contributed by atoms with E-state index in [1.807, 2.05) is 24.3 Å². The zero-order chi connectivity index (χ0) is 14.6. The molecule has 0 fully saturated rings. The van der Waals surface area contributed by atoms with Crippen molar-refractivity contribution in [1.29, 1.82) is 0 Å². The van der Waals surface area contributed by atoms with E-state index in [-0.39, 0.29) is 0 Å². The van der Waals surface area contributed by atoms with E-state index in [0.717, 1.165) is 11.3 Å². The second kappa shape index (κ2) is 10.6. The van der Waals surface area contributed by atoms with E-state index in [2.05, 4.69) is 0 Å². The zero-order valence-electron chi connectivity index (χ0n) is 12.2. The highest BCUT2D eigenvalue weighted by Gasteiger charge is 2.00. The Hall–Kier alpha value is -1.14. The lowest BCUT2D eigenvalue weighted by atomic mass is 10.1. The Balaban J connectivity index is 2.01. The SMILES string of the molecule is COCCOCCOCCOc1ccc([C@@H](C)O)cc1. The fourth-order valence-corrected chi connectivity index (χ4v) is 1.53. The first-order valence-electron chi connectivity index (χ1n) is 6.79. The average Bonchev–Trinajstić information content (AvgIpc) is 2.46. The number of rotatable bonds is 11. The van der Waals surface area contributed by atoms with Crippen LogP contribution in [0, 0.1) is 0 Å². The van der Waals surface area contributed by atoms with Crippen LogP contribution < -0.4 is 4.74 Å². The monoisotopic (exact) mass is 284 g/mol. The first-order valence-corrected chi connectivity index (χ1v) is 6.79. The summed E-state index contributed by atoms with van der Waals surface area (Å²) in [4.78, 5) is 0. The quantitative estimate of drug-likeness (QED) is 0.628. The van der Waals surface area contributed by atoms with E-state index in [9.17, 15) is 5.11 Å². The van der Waals surface area contributed by atoms with Crippen LogP contribution in [0.5, 0.6) is 5.75 Å². The summed E-state index contributed by atoms with van der Waals surface area (Å²) in [5, 5.41) is 9.38. The summed E-state index contributed by atoms with van der Waals surface area (Å²) in [5.41, 5.74) is 0.877. The molecule has 1 N–H and O–H groups in total. The summed E-state index contributed by atoms with van der Waals surface area (Å²) < 4.78 is 21.0. The van der Waals surface area contributed by atoms with Gasteiger partial charge >= 0.3 is 0 Å². The highest BCUT2D eigenvalue weighted by molar-refractivity contribution is 5.28. The topological polar surface area (TPSA) is 57.2 Å². The van der Waals surface area contributed by atoms with Crippen molar-refractivity contribution in [2.24, 2.45) is 0 Å². The Morgan fingerprint density at radius 3 is 2.00 bits per heavy atom. The van der Waals surface area contributed by atoms with Crippen molar-refractivity contribution in [2.45, 2.75) is 13.0 Å². The Morgan fingerprint density at radius 1 is 0.900 bits per heavy atom. The molecule has 0 aliphatic heterocycles. The number of aliphatic hydroxyl groups excluding tert-OH is 1. The molecule has 1 aromatic carbocycles. The van der Waals surface area contributed by atoms with Gasteiger partial charge in [0.25, 0.3) is 0 Å². The highest BCUT2D eigenvalue weighted by atomic mass is 16.6. The molecule has 0 saturated carbocycles. The molecule has 0 spiro atoms. The molecule has 114 valence electrons. The molecule has 0 bridgehead atoms. The second-order valence-corrected chi connectivity index (χ2v) is 4.31. The Morgan fingerprint density at radius 2 is 1.45 bits per heavy atom. The van der Waals surface area contributed by atoms with Crippen molar-refractivity contribution in [3.63, 3.8) is 0 Å². The van der Waals surface area contributed by atoms with Crippen LogP contribution in [0.25, 0.3) is 0 Å². The van der Waals surface area contributed by atoms with Gasteiger partial charge in [-0.25, -0.2) is 0 Å². The standard InChI is InChI=1S/C15H24O5/c1-13(16)14-3-5-15(6-4-14)20-12-11-19-10-9-18-8-7-17-2/h3-6,13,16H,7-12H2,1-2H3/t13-/m1/s1. The molecule has 0 aliphatic rings. The Labute approximate surface area is 120 Å². The highest BCUT2D eigenvalue weighted by Crippen LogP contribution is 2.16. The summed E-state index contributed by atoms with van der Waals surface area (Å²) >= 11 is 0. The maximum atomic E-state index is 9.38. The Bertz CT molecular complexity index is 337. The van der Waals surface area contributed by atoms with Crippen LogP contribution in [0.2, 0.25) is 0 Å². The van der Waals surface area contributed by atoms with Gasteiger partial charge in [0.05, 0.1) is 39.1 Å². The van der Waals surface area contributed by atoms with Gasteiger partial charge in [-0.2, -0.15) is 0 Å². The molecule has 20 heavy (non-hydrogen) atoms. The van der Waals surface area contributed by atoms with Gasteiger partial charge in [0.1, 0.15) is 12.4 Å². The lowest BCUT2D eigenvalue weighted by molar-refractivity contribution is 0.0179. The number of methoxy groups -OCH3 is 1. The molecular weight excluding hydrogens is 260 g/mol. The van der Waals surface area contributed by atoms with Gasteiger partial charge in [0.2, 0.25) is 0 Å². The van der Waals surface area contributed by atoms with E-state index in [1.165, 1.54) is 0 Å². The fraction of sp³-hybridized carbons (Fsp3) is 0.600. The van der Waals surface area contributed by atoms with Crippen molar-refractivity contribution in [3.05, 3.63) is 29.8 Å². The molecule has 5 nitrogen and oxygen atoms in total. The van der Waals surface area contributed by atoms with Crippen molar-refractivity contribution < 1.29 is 24.1 Å². The summed E-state index contributed by atoms with van der Waals surface area (Å²) in [6.45, 7) is 5.05. The molecule has 0 amide bonds. The van der Waals surface area contributed by atoms with Crippen molar-refractivity contribution in [1.82, 2.24) is 0 Å². The lowest BCUT2D eigenvalue weighted by Crippen LogP contribution is -2.12. The minimum absolute atomic E-state index is 0.453. The third kappa shape index (κ3) is 7.45. The molecule has 0 unspecified atom stereocenters. The number of benzene rings is 1. The summed E-state index contributed by atoms with van der Waals surface area (Å²) in [6, 6.07) is 7.39. The van der Waals surface area contributed by atoms with Gasteiger partial charge in [-0.3, -0.25) is 0 Å². The number of hydrogen-bond donors (Lipinski definition) is 1. The van der Waals surface area contributed by atoms with Crippen LogP contribution in [-0.4, -0.2) is 51.9 Å². The van der Waals surface area contributed by atoms with Gasteiger partial charge in [0, 0.05) is 7.11 Å². The predicted octanol–water partition coefficient (Wildman–Crippen LogP) is 1.80. The molecule has 0 heterocycles. The van der Waals surface area contributed by atoms with E-state index < -0.39 is 6.10 Å². The molecule has 0 saturated heterocycles. The second-order valence-electron chi connectivity index (χ2n) is 4.31. The van der Waals surface area contributed by atoms with Crippen LogP contribution >= 0.6 is 0 Å². The van der Waals surface area contributed by atoms with Crippen LogP contribution in [-0.2, 0) is 14.2 Å². The minimum atomic E-state index is -0.453. The van der Waals surface area contributed by atoms with Gasteiger partial charge in [-0.05, 0) is 24.6 Å². The van der Waals surface area contributed by atoms with Gasteiger partial charge in [-0.15, -0.1) is 0 Å². The van der Waals surface area contributed by atoms with Crippen LogP contribution in [0.1, 0.15) is 18.6 Å². The van der Waals surface area contributed by atoms with E-state index in [0.29, 0.717) is 39.6 Å². The number of ether oxygens (including phenoxy) is 4. The summed E-state index contributed by atoms with van der Waals surface area (Å²) in [7, 11) is 1.64. The van der Waals surface area contributed by atoms with Crippen molar-refractivity contribution in [3.8, 4) is 5.75 Å². The fourth-order valence-electron chi connectivity index (χ4n) is 1.53. The molecule has 0 radical (unpaired) electrons. The predicted molar refractivity (Wildman–Crippen MR) is 76.1 cm³/mol. The average molecular weight is 284 g/mol. The first kappa shape index (κ1) is 16.9. The van der Waals surface area contributed by atoms with E-state index in [4.69, 9.17) is 18.9 Å². The molecule has 5 heteroatoms. The summed E-state index contributed by atoms with van der Waals surface area (Å²) in [6.07, 6.45) is -0.453. The van der Waals surface area contributed by atoms with E-state index in [1.54, 1.807) is 14.0 Å². The first-order chi connectivity index (χ1) is 9.74. The smallest absolute Gasteiger partial charge is 0.119 e. The molecular formula is C15H24O5. The molecule has 1 aromatic rings. The number of hydrogen-bond acceptors (Lipinski definition) is 5. The summed E-state index contributed by atoms with van der Waals surface area (Å²) in [5.74, 6) is 0.773. The van der Waals surface area contributed by atoms with Crippen LogP contribution in [0.4, 0.5) is 0 Å². The van der Waals surface area contributed by atoms with Crippen LogP contribution in [0.15, 0.2) is 24.3 Å². The maximum Gasteiger partial charge on any atom is 0.119 e. The number of aliphatic hydroxyl groups is 1. The Kier molecular flexibility index (Phi) is 8.98. The molecule has 1 atom stereocenters. The van der Waals surface area contributed by atoms with Crippen LogP contribution in [0.3, 0.4) is 0 Å². The van der Waals surface area contributed by atoms with Crippen molar-refractivity contribution in [2.75, 3.05) is 46.8 Å². The van der Waals surface area contributed by atoms with Gasteiger partial charge in [-0.1, -0.05) is 12.1 Å².